The van der Waals surface area contributed by atoms with E-state index in [4.69, 9.17) is 5.11 Å². The maximum Gasteiger partial charge on any atom is 0.140 e. The third-order valence-corrected chi connectivity index (χ3v) is 2.79. The van der Waals surface area contributed by atoms with Crippen molar-refractivity contribution in [1.29, 1.82) is 0 Å². The molecule has 0 bridgehead atoms. The Labute approximate surface area is 106 Å². The van der Waals surface area contributed by atoms with Gasteiger partial charge in [-0.3, -0.25) is 0 Å². The van der Waals surface area contributed by atoms with Gasteiger partial charge in [-0.15, -0.1) is 12.6 Å². The smallest absolute Gasteiger partial charge is 0.140 e. The van der Waals surface area contributed by atoms with Crippen molar-refractivity contribution in [2.75, 3.05) is 0 Å². The van der Waals surface area contributed by atoms with Gasteiger partial charge < -0.3 is 10.2 Å². The van der Waals surface area contributed by atoms with Crippen LogP contribution in [0, 0.1) is 17.5 Å². The minimum Gasteiger partial charge on any atom is -0.508 e. The van der Waals surface area contributed by atoms with Crippen LogP contribution in [0.5, 0.6) is 11.5 Å². The van der Waals surface area contributed by atoms with Gasteiger partial charge in [0.05, 0.1) is 10.5 Å². The molecule has 2 aromatic carbocycles. The van der Waals surface area contributed by atoms with Crippen molar-refractivity contribution < 1.29 is 23.4 Å². The fraction of sp³-hybridized carbons (Fsp3) is 0. The fourth-order valence-electron chi connectivity index (χ4n) is 1.57. The van der Waals surface area contributed by atoms with Crippen LogP contribution in [0.25, 0.3) is 11.1 Å². The van der Waals surface area contributed by atoms with Gasteiger partial charge in [-0.25, -0.2) is 13.2 Å². The normalized spacial score (nSPS) is 10.7. The lowest BCUT2D eigenvalue weighted by molar-refractivity contribution is 0.443. The topological polar surface area (TPSA) is 40.5 Å². The summed E-state index contributed by atoms with van der Waals surface area (Å²) in [4.78, 5) is -0.488. The highest BCUT2D eigenvalue weighted by Gasteiger charge is 2.16. The Morgan fingerprint density at radius 1 is 0.833 bits per heavy atom. The first kappa shape index (κ1) is 12.6. The van der Waals surface area contributed by atoms with Gasteiger partial charge in [0.2, 0.25) is 0 Å². The molecular weight excluding hydrogens is 265 g/mol. The van der Waals surface area contributed by atoms with E-state index in [-0.39, 0.29) is 11.1 Å². The molecular formula is C12H7F3O2S. The van der Waals surface area contributed by atoms with E-state index in [1.165, 1.54) is 0 Å². The van der Waals surface area contributed by atoms with E-state index in [9.17, 15) is 18.3 Å². The molecule has 0 heterocycles. The predicted molar refractivity (Wildman–Crippen MR) is 62.3 cm³/mol. The van der Waals surface area contributed by atoms with Crippen LogP contribution in [0.2, 0.25) is 0 Å². The zero-order chi connectivity index (χ0) is 13.4. The third-order valence-electron chi connectivity index (χ3n) is 2.36. The number of phenolic OH excluding ortho intramolecular Hbond substituents is 2. The Bertz CT molecular complexity index is 583. The second-order valence-corrected chi connectivity index (χ2v) is 4.06. The van der Waals surface area contributed by atoms with E-state index in [0.717, 1.165) is 24.3 Å². The molecule has 2 N–H and O–H groups in total. The van der Waals surface area contributed by atoms with E-state index in [0.29, 0.717) is 0 Å². The summed E-state index contributed by atoms with van der Waals surface area (Å²) in [7, 11) is 0. The van der Waals surface area contributed by atoms with E-state index in [1.807, 2.05) is 0 Å². The number of hydrogen-bond donors (Lipinski definition) is 3. The molecule has 2 nitrogen and oxygen atoms in total. The molecule has 6 heteroatoms. The third kappa shape index (κ3) is 2.11. The van der Waals surface area contributed by atoms with Crippen molar-refractivity contribution in [3.63, 3.8) is 0 Å². The lowest BCUT2D eigenvalue weighted by atomic mass is 10.0. The average Bonchev–Trinajstić information content (AvgIpc) is 2.24. The number of rotatable bonds is 1. The number of halogens is 3. The van der Waals surface area contributed by atoms with Gasteiger partial charge in [-0.2, -0.15) is 0 Å². The molecule has 0 fully saturated rings. The molecule has 0 unspecified atom stereocenters. The largest absolute Gasteiger partial charge is 0.508 e. The monoisotopic (exact) mass is 272 g/mol. The highest BCUT2D eigenvalue weighted by Crippen LogP contribution is 2.36. The van der Waals surface area contributed by atoms with E-state index in [2.05, 4.69) is 12.6 Å². The van der Waals surface area contributed by atoms with Crippen LogP contribution >= 0.6 is 12.6 Å². The average molecular weight is 272 g/mol. The fourth-order valence-corrected chi connectivity index (χ4v) is 1.70. The lowest BCUT2D eigenvalue weighted by Crippen LogP contribution is -1.91. The van der Waals surface area contributed by atoms with Crippen LogP contribution in [0.3, 0.4) is 0 Å². The van der Waals surface area contributed by atoms with Gasteiger partial charge in [0.15, 0.2) is 0 Å². The summed E-state index contributed by atoms with van der Waals surface area (Å²) in [6.45, 7) is 0. The number of hydrogen-bond acceptors (Lipinski definition) is 3. The minimum absolute atomic E-state index is 0.183. The van der Waals surface area contributed by atoms with Crippen LogP contribution in [0.15, 0.2) is 29.2 Å². The SMILES string of the molecule is Oc1cc(O)c(-c2cc(F)c(S)c(F)c2)c(F)c1. The molecule has 0 saturated carbocycles. The molecule has 18 heavy (non-hydrogen) atoms. The van der Waals surface area contributed by atoms with Crippen molar-refractivity contribution in [3.8, 4) is 22.6 Å². The van der Waals surface area contributed by atoms with Gasteiger partial charge in [0.1, 0.15) is 29.0 Å². The van der Waals surface area contributed by atoms with Gasteiger partial charge in [0.25, 0.3) is 0 Å². The van der Waals surface area contributed by atoms with Crippen molar-refractivity contribution in [2.24, 2.45) is 0 Å². The van der Waals surface area contributed by atoms with Crippen molar-refractivity contribution in [1.82, 2.24) is 0 Å². The summed E-state index contributed by atoms with van der Waals surface area (Å²) in [5.41, 5.74) is -0.572. The molecule has 0 aliphatic rings. The first-order chi connectivity index (χ1) is 8.40. The molecule has 0 spiro atoms. The van der Waals surface area contributed by atoms with Crippen molar-refractivity contribution >= 4 is 12.6 Å². The number of aromatic hydroxyl groups is 2. The first-order valence-corrected chi connectivity index (χ1v) is 5.24. The van der Waals surface area contributed by atoms with Gasteiger partial charge in [-0.1, -0.05) is 0 Å². The molecule has 0 aliphatic heterocycles. The van der Waals surface area contributed by atoms with Crippen LogP contribution in [0.4, 0.5) is 13.2 Å². The van der Waals surface area contributed by atoms with Gasteiger partial charge in [-0.05, 0) is 17.7 Å². The molecule has 2 rings (SSSR count). The Morgan fingerprint density at radius 2 is 1.39 bits per heavy atom. The van der Waals surface area contributed by atoms with Crippen molar-refractivity contribution in [2.45, 2.75) is 4.90 Å². The summed E-state index contributed by atoms with van der Waals surface area (Å²) in [5, 5.41) is 18.6. The molecule has 0 aromatic heterocycles. The van der Waals surface area contributed by atoms with E-state index >= 15 is 0 Å². The van der Waals surface area contributed by atoms with Crippen LogP contribution in [-0.2, 0) is 0 Å². The molecule has 94 valence electrons. The zero-order valence-corrected chi connectivity index (χ0v) is 9.68. The van der Waals surface area contributed by atoms with E-state index in [1.54, 1.807) is 0 Å². The quantitative estimate of drug-likeness (QED) is 0.696. The summed E-state index contributed by atoms with van der Waals surface area (Å²) in [6, 6.07) is 3.31. The minimum atomic E-state index is -0.988. The second-order valence-electron chi connectivity index (χ2n) is 3.61. The van der Waals surface area contributed by atoms with Gasteiger partial charge in [0, 0.05) is 12.1 Å². The standard InChI is InChI=1S/C12H7F3O2S/c13-7-3-6(16)4-10(17)11(7)5-1-8(14)12(18)9(15)2-5/h1-4,16-18H. The van der Waals surface area contributed by atoms with Gasteiger partial charge >= 0.3 is 0 Å². The maximum atomic E-state index is 13.6. The predicted octanol–water partition coefficient (Wildman–Crippen LogP) is 3.47. The Balaban J connectivity index is 2.70. The molecule has 2 aromatic rings. The first-order valence-electron chi connectivity index (χ1n) is 4.80. The molecule has 0 atom stereocenters. The maximum absolute atomic E-state index is 13.6. The molecule has 0 radical (unpaired) electrons. The number of phenols is 2. The zero-order valence-electron chi connectivity index (χ0n) is 8.78. The number of benzene rings is 2. The highest BCUT2D eigenvalue weighted by atomic mass is 32.1. The molecule has 0 amide bonds. The summed E-state index contributed by atoms with van der Waals surface area (Å²) in [6.07, 6.45) is 0. The summed E-state index contributed by atoms with van der Waals surface area (Å²) in [5.74, 6) is -4.03. The Morgan fingerprint density at radius 3 is 1.89 bits per heavy atom. The molecule has 0 aliphatic carbocycles. The van der Waals surface area contributed by atoms with Crippen LogP contribution < -0.4 is 0 Å². The summed E-state index contributed by atoms with van der Waals surface area (Å²) < 4.78 is 40.2. The second kappa shape index (κ2) is 4.45. The van der Waals surface area contributed by atoms with E-state index < -0.39 is 33.8 Å². The van der Waals surface area contributed by atoms with Crippen LogP contribution in [-0.4, -0.2) is 10.2 Å². The number of thiol groups is 1. The molecule has 0 saturated heterocycles. The van der Waals surface area contributed by atoms with Crippen LogP contribution in [0.1, 0.15) is 0 Å². The highest BCUT2D eigenvalue weighted by molar-refractivity contribution is 7.80. The Hall–Kier alpha value is -1.82. The van der Waals surface area contributed by atoms with Crippen molar-refractivity contribution in [3.05, 3.63) is 41.7 Å². The summed E-state index contributed by atoms with van der Waals surface area (Å²) >= 11 is 3.59. The lowest BCUT2D eigenvalue weighted by Gasteiger charge is -2.08. The Kier molecular flexibility index (Phi) is 3.13.